The molecule has 1 aliphatic rings. The van der Waals surface area contributed by atoms with Gasteiger partial charge >= 0.3 is 11.9 Å². The molecule has 0 aromatic heterocycles. The fourth-order valence-corrected chi connectivity index (χ4v) is 2.95. The highest BCUT2D eigenvalue weighted by Crippen LogP contribution is 2.23. The third-order valence-electron chi connectivity index (χ3n) is 4.14. The number of methoxy groups -OCH3 is 1. The largest absolute Gasteiger partial charge is 0.480 e. The number of esters is 1. The van der Waals surface area contributed by atoms with Gasteiger partial charge in [-0.15, -0.1) is 0 Å². The summed E-state index contributed by atoms with van der Waals surface area (Å²) < 4.78 is 4.68. The van der Waals surface area contributed by atoms with Gasteiger partial charge in [0.15, 0.2) is 0 Å². The Morgan fingerprint density at radius 3 is 2.61 bits per heavy atom. The fraction of sp³-hybridized carbons (Fsp3) is 0.471. The van der Waals surface area contributed by atoms with E-state index in [0.29, 0.717) is 25.8 Å². The van der Waals surface area contributed by atoms with Crippen molar-refractivity contribution in [1.29, 1.82) is 0 Å². The van der Waals surface area contributed by atoms with Crippen LogP contribution in [0.5, 0.6) is 0 Å². The maximum Gasteiger partial charge on any atom is 0.326 e. The second-order valence-corrected chi connectivity index (χ2v) is 5.69. The van der Waals surface area contributed by atoms with Crippen molar-refractivity contribution in [2.75, 3.05) is 13.7 Å². The van der Waals surface area contributed by atoms with E-state index in [1.54, 1.807) is 0 Å². The molecule has 0 aliphatic carbocycles. The molecule has 1 saturated heterocycles. The molecule has 1 aliphatic heterocycles. The van der Waals surface area contributed by atoms with E-state index in [9.17, 15) is 19.5 Å². The van der Waals surface area contributed by atoms with Crippen molar-refractivity contribution < 1.29 is 24.2 Å². The topological polar surface area (TPSA) is 83.9 Å². The average molecular weight is 319 g/mol. The summed E-state index contributed by atoms with van der Waals surface area (Å²) in [6.07, 6.45) is 1.46. The first kappa shape index (κ1) is 17.0. The number of likely N-dealkylation sites (tertiary alicyclic amines) is 1. The number of amides is 1. The van der Waals surface area contributed by atoms with Gasteiger partial charge in [0.25, 0.3) is 0 Å². The third kappa shape index (κ3) is 4.31. The van der Waals surface area contributed by atoms with Crippen molar-refractivity contribution in [1.82, 2.24) is 4.90 Å². The molecule has 1 heterocycles. The van der Waals surface area contributed by atoms with Crippen LogP contribution in [0.3, 0.4) is 0 Å². The highest BCUT2D eigenvalue weighted by atomic mass is 16.5. The van der Waals surface area contributed by atoms with Crippen molar-refractivity contribution in [3.05, 3.63) is 35.9 Å². The van der Waals surface area contributed by atoms with Crippen LogP contribution in [-0.2, 0) is 25.5 Å². The summed E-state index contributed by atoms with van der Waals surface area (Å²) in [5.41, 5.74) is 0.931. The number of ether oxygens (including phenoxy) is 1. The SMILES string of the molecule is COC(=O)CC(Cc1ccccc1)C(=O)N1CCC[C@H]1C(=O)O. The first-order valence-corrected chi connectivity index (χ1v) is 7.67. The molecule has 2 atom stereocenters. The molecule has 0 bridgehead atoms. The van der Waals surface area contributed by atoms with Crippen molar-refractivity contribution in [3.8, 4) is 0 Å². The summed E-state index contributed by atoms with van der Waals surface area (Å²) in [5, 5.41) is 9.25. The van der Waals surface area contributed by atoms with Crippen LogP contribution in [0.25, 0.3) is 0 Å². The molecular formula is C17H21NO5. The first-order chi connectivity index (χ1) is 11.0. The highest BCUT2D eigenvalue weighted by Gasteiger charge is 2.37. The van der Waals surface area contributed by atoms with Crippen molar-refractivity contribution >= 4 is 17.8 Å². The van der Waals surface area contributed by atoms with Gasteiger partial charge < -0.3 is 14.7 Å². The lowest BCUT2D eigenvalue weighted by Crippen LogP contribution is -2.44. The van der Waals surface area contributed by atoms with Crippen LogP contribution >= 0.6 is 0 Å². The number of rotatable bonds is 6. The molecule has 1 aromatic rings. The Labute approximate surface area is 135 Å². The molecule has 1 N–H and O–H groups in total. The number of aliphatic carboxylic acids is 1. The third-order valence-corrected chi connectivity index (χ3v) is 4.14. The van der Waals surface area contributed by atoms with Crippen molar-refractivity contribution in [2.45, 2.75) is 31.7 Å². The summed E-state index contributed by atoms with van der Waals surface area (Å²) in [7, 11) is 1.28. The van der Waals surface area contributed by atoms with E-state index in [4.69, 9.17) is 0 Å². The van der Waals surface area contributed by atoms with Gasteiger partial charge in [0.1, 0.15) is 6.04 Å². The fourth-order valence-electron chi connectivity index (χ4n) is 2.95. The molecule has 0 spiro atoms. The zero-order valence-electron chi connectivity index (χ0n) is 13.1. The monoisotopic (exact) mass is 319 g/mol. The number of hydrogen-bond acceptors (Lipinski definition) is 4. The van der Waals surface area contributed by atoms with Crippen LogP contribution < -0.4 is 0 Å². The zero-order chi connectivity index (χ0) is 16.8. The number of carbonyl (C=O) groups excluding carboxylic acids is 2. The van der Waals surface area contributed by atoms with Crippen LogP contribution in [0.2, 0.25) is 0 Å². The van der Waals surface area contributed by atoms with Gasteiger partial charge in [-0.2, -0.15) is 0 Å². The Balaban J connectivity index is 2.16. The van der Waals surface area contributed by atoms with E-state index >= 15 is 0 Å². The first-order valence-electron chi connectivity index (χ1n) is 7.67. The number of benzene rings is 1. The van der Waals surface area contributed by atoms with Crippen LogP contribution in [-0.4, -0.2) is 47.5 Å². The molecule has 0 saturated carbocycles. The minimum absolute atomic E-state index is 0.0485. The number of hydrogen-bond donors (Lipinski definition) is 1. The predicted molar refractivity (Wildman–Crippen MR) is 82.6 cm³/mol. The molecule has 124 valence electrons. The number of carboxylic acid groups (broad SMARTS) is 1. The molecule has 1 aromatic carbocycles. The van der Waals surface area contributed by atoms with Crippen LogP contribution in [0.1, 0.15) is 24.8 Å². The van der Waals surface area contributed by atoms with E-state index < -0.39 is 23.9 Å². The Kier molecular flexibility index (Phi) is 5.73. The normalized spacial score (nSPS) is 18.5. The molecular weight excluding hydrogens is 298 g/mol. The van der Waals surface area contributed by atoms with E-state index in [0.717, 1.165) is 5.56 Å². The molecule has 23 heavy (non-hydrogen) atoms. The van der Waals surface area contributed by atoms with Gasteiger partial charge in [0.05, 0.1) is 19.4 Å². The second-order valence-electron chi connectivity index (χ2n) is 5.69. The molecule has 1 fully saturated rings. The molecule has 2 rings (SSSR count). The van der Waals surface area contributed by atoms with E-state index in [2.05, 4.69) is 4.74 Å². The van der Waals surface area contributed by atoms with Gasteiger partial charge in [-0.3, -0.25) is 9.59 Å². The molecule has 0 radical (unpaired) electrons. The Bertz CT molecular complexity index is 572. The van der Waals surface area contributed by atoms with E-state index in [-0.39, 0.29) is 12.3 Å². The maximum absolute atomic E-state index is 12.8. The highest BCUT2D eigenvalue weighted by molar-refractivity contribution is 5.88. The lowest BCUT2D eigenvalue weighted by molar-refractivity contribution is -0.152. The van der Waals surface area contributed by atoms with Crippen LogP contribution in [0, 0.1) is 5.92 Å². The Hall–Kier alpha value is -2.37. The summed E-state index contributed by atoms with van der Waals surface area (Å²) in [4.78, 5) is 37.1. The lowest BCUT2D eigenvalue weighted by atomic mass is 9.94. The van der Waals surface area contributed by atoms with Gasteiger partial charge in [-0.05, 0) is 24.8 Å². The van der Waals surface area contributed by atoms with Crippen molar-refractivity contribution in [2.24, 2.45) is 5.92 Å². The molecule has 1 amide bonds. The number of carboxylic acids is 1. The lowest BCUT2D eigenvalue weighted by Gasteiger charge is -2.26. The summed E-state index contributed by atoms with van der Waals surface area (Å²) in [5.74, 6) is -2.35. The Morgan fingerprint density at radius 1 is 1.30 bits per heavy atom. The summed E-state index contributed by atoms with van der Waals surface area (Å²) >= 11 is 0. The minimum atomic E-state index is -0.993. The quantitative estimate of drug-likeness (QED) is 0.803. The van der Waals surface area contributed by atoms with Crippen molar-refractivity contribution in [3.63, 3.8) is 0 Å². The van der Waals surface area contributed by atoms with E-state index in [1.165, 1.54) is 12.0 Å². The van der Waals surface area contributed by atoms with Crippen LogP contribution in [0.15, 0.2) is 30.3 Å². The van der Waals surface area contributed by atoms with Gasteiger partial charge in [-0.25, -0.2) is 4.79 Å². The van der Waals surface area contributed by atoms with Gasteiger partial charge in [-0.1, -0.05) is 30.3 Å². The summed E-state index contributed by atoms with van der Waals surface area (Å²) in [6.45, 7) is 0.419. The second kappa shape index (κ2) is 7.76. The van der Waals surface area contributed by atoms with E-state index in [1.807, 2.05) is 30.3 Å². The smallest absolute Gasteiger partial charge is 0.326 e. The predicted octanol–water partition coefficient (Wildman–Crippen LogP) is 1.48. The standard InChI is InChI=1S/C17H21NO5/c1-23-15(19)11-13(10-12-6-3-2-4-7-12)16(20)18-9-5-8-14(18)17(21)22/h2-4,6-7,13-14H,5,8-11H2,1H3,(H,21,22)/t13?,14-/m0/s1. The number of nitrogens with zero attached hydrogens (tertiary/aromatic N) is 1. The van der Waals surface area contributed by atoms with Gasteiger partial charge in [0, 0.05) is 6.54 Å². The Morgan fingerprint density at radius 2 is 2.00 bits per heavy atom. The van der Waals surface area contributed by atoms with Crippen LogP contribution in [0.4, 0.5) is 0 Å². The molecule has 6 heteroatoms. The maximum atomic E-state index is 12.8. The summed E-state index contributed by atoms with van der Waals surface area (Å²) in [6, 6.07) is 8.59. The van der Waals surface area contributed by atoms with Gasteiger partial charge in [0.2, 0.25) is 5.91 Å². The zero-order valence-corrected chi connectivity index (χ0v) is 13.1. The minimum Gasteiger partial charge on any atom is -0.480 e. The molecule has 1 unspecified atom stereocenters. The molecule has 6 nitrogen and oxygen atoms in total. The average Bonchev–Trinajstić information content (AvgIpc) is 3.04. The number of carbonyl (C=O) groups is 3.